The maximum Gasteiger partial charge on any atom is 0.237 e. The van der Waals surface area contributed by atoms with Crippen LogP contribution in [-0.2, 0) is 14.9 Å². The third kappa shape index (κ3) is 4.75. The molecule has 0 bridgehead atoms. The maximum absolute atomic E-state index is 15.7. The van der Waals surface area contributed by atoms with Gasteiger partial charge in [0.1, 0.15) is 11.2 Å². The first kappa shape index (κ1) is 27.8. The number of aliphatic hydroxyl groups is 1. The van der Waals surface area contributed by atoms with Crippen molar-refractivity contribution in [1.82, 2.24) is 10.6 Å². The Balaban J connectivity index is 1.88. The molecule has 2 aromatic rings. The summed E-state index contributed by atoms with van der Waals surface area (Å²) in [6, 6.07) is 13.4. The first-order valence-corrected chi connectivity index (χ1v) is 13.1. The molecule has 198 valence electrons. The fourth-order valence-corrected chi connectivity index (χ4v) is 6.51. The van der Waals surface area contributed by atoms with E-state index in [0.717, 1.165) is 0 Å². The van der Waals surface area contributed by atoms with Crippen molar-refractivity contribution < 1.29 is 19.0 Å². The Morgan fingerprint density at radius 2 is 1.95 bits per heavy atom. The molecule has 1 saturated heterocycles. The van der Waals surface area contributed by atoms with E-state index in [9.17, 15) is 10.1 Å². The molecule has 0 aromatic heterocycles. The van der Waals surface area contributed by atoms with E-state index < -0.39 is 28.7 Å². The van der Waals surface area contributed by atoms with Gasteiger partial charge >= 0.3 is 0 Å². The van der Waals surface area contributed by atoms with Gasteiger partial charge in [-0.15, -0.1) is 0 Å². The van der Waals surface area contributed by atoms with Crippen LogP contribution in [0.25, 0.3) is 0 Å². The van der Waals surface area contributed by atoms with Gasteiger partial charge in [0.15, 0.2) is 0 Å². The second kappa shape index (κ2) is 10.5. The van der Waals surface area contributed by atoms with Gasteiger partial charge < -0.3 is 15.2 Å². The van der Waals surface area contributed by atoms with Crippen LogP contribution in [-0.4, -0.2) is 49.0 Å². The largest absolute Gasteiger partial charge is 0.394 e. The normalized spacial score (nSPS) is 28.8. The number of aliphatic hydroxyl groups excluding tert-OH is 1. The van der Waals surface area contributed by atoms with Gasteiger partial charge in [-0.2, -0.15) is 5.26 Å². The predicted octanol–water partition coefficient (Wildman–Crippen LogP) is 4.58. The highest BCUT2D eigenvalue weighted by Gasteiger charge is 2.78. The molecule has 1 aliphatic carbocycles. The van der Waals surface area contributed by atoms with Gasteiger partial charge in [-0.1, -0.05) is 68.2 Å². The Hall–Kier alpha value is -2.21. The number of nitriles is 1. The molecule has 1 saturated carbocycles. The number of carbonyl (C=O) groups excluding carboxylic acids is 1. The van der Waals surface area contributed by atoms with Gasteiger partial charge in [-0.3, -0.25) is 10.1 Å². The zero-order valence-corrected chi connectivity index (χ0v) is 22.7. The number of carbonyl (C=O) groups is 1. The summed E-state index contributed by atoms with van der Waals surface area (Å²) in [5.74, 6) is -1.82. The molecule has 1 unspecified atom stereocenters. The number of hydrogen-bond donors (Lipinski definition) is 3. The Morgan fingerprint density at radius 3 is 2.54 bits per heavy atom. The minimum atomic E-state index is -1.28. The lowest BCUT2D eigenvalue weighted by atomic mass is 9.62. The van der Waals surface area contributed by atoms with Crippen molar-refractivity contribution in [3.05, 3.63) is 69.5 Å². The molecule has 5 atom stereocenters. The molecular weight excluding hydrogens is 516 g/mol. The monoisotopic (exact) mass is 547 g/mol. The first-order chi connectivity index (χ1) is 17.5. The molecule has 9 heteroatoms. The zero-order chi connectivity index (χ0) is 27.0. The summed E-state index contributed by atoms with van der Waals surface area (Å²) in [7, 11) is 0. The zero-order valence-electron chi connectivity index (χ0n) is 21.2. The molecule has 1 amide bonds. The number of halogens is 3. The van der Waals surface area contributed by atoms with E-state index in [2.05, 4.69) is 37.5 Å². The van der Waals surface area contributed by atoms with E-state index in [1.54, 1.807) is 36.4 Å². The highest BCUT2D eigenvalue weighted by atomic mass is 35.5. The Morgan fingerprint density at radius 1 is 1.24 bits per heavy atom. The van der Waals surface area contributed by atoms with E-state index in [0.29, 0.717) is 17.0 Å². The topological polar surface area (TPSA) is 94.4 Å². The van der Waals surface area contributed by atoms with Crippen LogP contribution in [0, 0.1) is 28.5 Å². The average molecular weight is 548 g/mol. The number of nitrogens with one attached hydrogen (secondary N) is 2. The van der Waals surface area contributed by atoms with Crippen LogP contribution in [0.3, 0.4) is 0 Å². The Kier molecular flexibility index (Phi) is 7.90. The SMILES string of the molecule is CC(C)(C)[C@@H]1CC12N[C@@H](C(=O)NCCOCCO)[C@H](c1cccc(Cl)c1F)[C@@]2(C#N)c1ccc(Cl)cc1. The molecule has 3 N–H and O–H groups in total. The fourth-order valence-electron chi connectivity index (χ4n) is 6.20. The number of benzene rings is 2. The van der Waals surface area contributed by atoms with Crippen molar-refractivity contribution in [1.29, 1.82) is 5.26 Å². The summed E-state index contributed by atoms with van der Waals surface area (Å²) in [4.78, 5) is 13.7. The molecule has 37 heavy (non-hydrogen) atoms. The molecule has 1 spiro atoms. The van der Waals surface area contributed by atoms with Crippen molar-refractivity contribution in [3.63, 3.8) is 0 Å². The summed E-state index contributed by atoms with van der Waals surface area (Å²) in [5.41, 5.74) is -1.35. The molecular formula is C28H32Cl2FN3O3. The van der Waals surface area contributed by atoms with E-state index in [-0.39, 0.29) is 54.2 Å². The van der Waals surface area contributed by atoms with Gasteiger partial charge in [0.05, 0.1) is 37.0 Å². The van der Waals surface area contributed by atoms with Gasteiger partial charge in [0.2, 0.25) is 5.91 Å². The van der Waals surface area contributed by atoms with Gasteiger partial charge in [0, 0.05) is 23.0 Å². The van der Waals surface area contributed by atoms with Gasteiger partial charge in [0.25, 0.3) is 0 Å². The number of hydrogen-bond acceptors (Lipinski definition) is 5. The minimum Gasteiger partial charge on any atom is -0.394 e. The summed E-state index contributed by atoms with van der Waals surface area (Å²) < 4.78 is 21.0. The summed E-state index contributed by atoms with van der Waals surface area (Å²) in [6.07, 6.45) is 0.648. The van der Waals surface area contributed by atoms with Crippen LogP contribution in [0.4, 0.5) is 4.39 Å². The standard InChI is InChI=1S/C28H32Cl2FN3O3/c1-26(2,3)21-15-28(21)27(16-32,17-7-9-18(29)10-8-17)22(19-5-4-6-20(30)23(19)31)24(34-28)25(36)33-11-13-37-14-12-35/h4-10,21-22,24,34-35H,11-15H2,1-3H3,(H,33,36)/t21-,22-,24+,27+,28?/m0/s1. The van der Waals surface area contributed by atoms with Crippen LogP contribution in [0.5, 0.6) is 0 Å². The molecule has 1 aliphatic heterocycles. The van der Waals surface area contributed by atoms with Crippen LogP contribution < -0.4 is 10.6 Å². The number of amides is 1. The summed E-state index contributed by atoms with van der Waals surface area (Å²) in [6.45, 7) is 6.80. The molecule has 4 rings (SSSR count). The van der Waals surface area contributed by atoms with Gasteiger partial charge in [-0.05, 0) is 47.1 Å². The van der Waals surface area contributed by atoms with Crippen LogP contribution in [0.15, 0.2) is 42.5 Å². The van der Waals surface area contributed by atoms with Crippen molar-refractivity contribution in [2.75, 3.05) is 26.4 Å². The third-order valence-corrected chi connectivity index (χ3v) is 8.32. The molecule has 2 aromatic carbocycles. The van der Waals surface area contributed by atoms with Crippen LogP contribution in [0.2, 0.25) is 10.0 Å². The van der Waals surface area contributed by atoms with E-state index in [1.165, 1.54) is 6.07 Å². The first-order valence-electron chi connectivity index (χ1n) is 12.4. The van der Waals surface area contributed by atoms with Crippen molar-refractivity contribution >= 4 is 29.1 Å². The number of rotatable bonds is 8. The fraction of sp³-hybridized carbons (Fsp3) is 0.500. The second-order valence-electron chi connectivity index (χ2n) is 10.9. The highest BCUT2D eigenvalue weighted by molar-refractivity contribution is 6.31. The van der Waals surface area contributed by atoms with Crippen LogP contribution in [0.1, 0.15) is 44.2 Å². The van der Waals surface area contributed by atoms with Crippen molar-refractivity contribution in [2.45, 2.75) is 50.1 Å². The van der Waals surface area contributed by atoms with E-state index >= 15 is 4.39 Å². The van der Waals surface area contributed by atoms with Gasteiger partial charge in [-0.25, -0.2) is 4.39 Å². The van der Waals surface area contributed by atoms with Crippen LogP contribution >= 0.6 is 23.2 Å². The maximum atomic E-state index is 15.7. The predicted molar refractivity (Wildman–Crippen MR) is 141 cm³/mol. The smallest absolute Gasteiger partial charge is 0.237 e. The quantitative estimate of drug-likeness (QED) is 0.420. The molecule has 0 radical (unpaired) electrons. The van der Waals surface area contributed by atoms with Crippen molar-refractivity contribution in [3.8, 4) is 6.07 Å². The third-order valence-electron chi connectivity index (χ3n) is 7.78. The van der Waals surface area contributed by atoms with Crippen molar-refractivity contribution in [2.24, 2.45) is 11.3 Å². The minimum absolute atomic E-state index is 0.0470. The molecule has 6 nitrogen and oxygen atoms in total. The molecule has 2 aliphatic rings. The number of nitrogens with zero attached hydrogens (tertiary/aromatic N) is 1. The number of ether oxygens (including phenoxy) is 1. The highest BCUT2D eigenvalue weighted by Crippen LogP contribution is 2.70. The lowest BCUT2D eigenvalue weighted by molar-refractivity contribution is -0.123. The lowest BCUT2D eigenvalue weighted by Crippen LogP contribution is -2.48. The summed E-state index contributed by atoms with van der Waals surface area (Å²) in [5, 5.41) is 26.8. The molecule has 1 heterocycles. The Labute approximate surface area is 227 Å². The van der Waals surface area contributed by atoms with E-state index in [4.69, 9.17) is 33.0 Å². The lowest BCUT2D eigenvalue weighted by Gasteiger charge is -2.37. The second-order valence-corrected chi connectivity index (χ2v) is 11.7. The van der Waals surface area contributed by atoms with E-state index in [1.807, 2.05) is 0 Å². The average Bonchev–Trinajstić information content (AvgIpc) is 3.53. The summed E-state index contributed by atoms with van der Waals surface area (Å²) >= 11 is 12.4. The Bertz CT molecular complexity index is 1200. The molecule has 2 fully saturated rings.